The van der Waals surface area contributed by atoms with E-state index >= 15 is 0 Å². The van der Waals surface area contributed by atoms with Gasteiger partial charge >= 0.3 is 6.09 Å². The number of amides is 1. The second kappa shape index (κ2) is 5.57. The van der Waals surface area contributed by atoms with Crippen LogP contribution in [0.15, 0.2) is 30.5 Å². The number of primary amides is 1. The Kier molecular flexibility index (Phi) is 3.62. The molecule has 0 spiro atoms. The van der Waals surface area contributed by atoms with Gasteiger partial charge in [0.2, 0.25) is 0 Å². The zero-order valence-corrected chi connectivity index (χ0v) is 11.9. The number of hydrogen-bond acceptors (Lipinski definition) is 4. The number of alkyl halides is 1. The lowest BCUT2D eigenvalue weighted by Crippen LogP contribution is -2.17. The maximum absolute atomic E-state index is 10.7. The number of fused-ring (bicyclic) bond motifs is 3. The molecule has 0 atom stereocenters. The van der Waals surface area contributed by atoms with Gasteiger partial charge in [0, 0.05) is 5.39 Å². The van der Waals surface area contributed by atoms with Crippen molar-refractivity contribution >= 4 is 39.6 Å². The van der Waals surface area contributed by atoms with E-state index in [4.69, 9.17) is 22.1 Å². The fourth-order valence-corrected chi connectivity index (χ4v) is 2.59. The Morgan fingerprint density at radius 2 is 2.14 bits per heavy atom. The van der Waals surface area contributed by atoms with Crippen molar-refractivity contribution in [2.24, 2.45) is 5.73 Å². The second-order valence-electron chi connectivity index (χ2n) is 4.49. The van der Waals surface area contributed by atoms with Gasteiger partial charge in [0.15, 0.2) is 0 Å². The predicted octanol–water partition coefficient (Wildman–Crippen LogP) is 2.42. The highest BCUT2D eigenvalue weighted by Gasteiger charge is 2.13. The number of nitrogens with zero attached hydrogens (tertiary/aromatic N) is 3. The van der Waals surface area contributed by atoms with E-state index in [2.05, 4.69) is 9.97 Å². The Labute approximate surface area is 125 Å². The van der Waals surface area contributed by atoms with Crippen molar-refractivity contribution in [1.29, 1.82) is 0 Å². The minimum absolute atomic E-state index is 0.168. The number of rotatable bonds is 4. The third-order valence-corrected chi connectivity index (χ3v) is 3.48. The van der Waals surface area contributed by atoms with Crippen LogP contribution in [0.2, 0.25) is 0 Å². The first kappa shape index (κ1) is 13.6. The Balaban J connectivity index is 2.14. The minimum atomic E-state index is -0.793. The van der Waals surface area contributed by atoms with Crippen molar-refractivity contribution in [3.63, 3.8) is 0 Å². The molecule has 2 aromatic heterocycles. The molecule has 0 bridgehead atoms. The first-order chi connectivity index (χ1) is 10.2. The number of carbonyl (C=O) groups excluding carboxylic acids is 1. The van der Waals surface area contributed by atoms with E-state index < -0.39 is 6.09 Å². The number of benzene rings is 1. The van der Waals surface area contributed by atoms with Crippen LogP contribution < -0.4 is 5.73 Å². The number of hydrogen-bond donors (Lipinski definition) is 1. The summed E-state index contributed by atoms with van der Waals surface area (Å²) in [4.78, 5) is 19.6. The van der Waals surface area contributed by atoms with Crippen LogP contribution in [0.4, 0.5) is 4.79 Å². The summed E-state index contributed by atoms with van der Waals surface area (Å²) in [5, 5.41) is 0.984. The lowest BCUT2D eigenvalue weighted by Gasteiger charge is -2.09. The molecule has 0 aliphatic heterocycles. The summed E-state index contributed by atoms with van der Waals surface area (Å²) in [6, 6.07) is 7.80. The van der Waals surface area contributed by atoms with Gasteiger partial charge < -0.3 is 15.0 Å². The molecule has 21 heavy (non-hydrogen) atoms. The number of ether oxygens (including phenoxy) is 1. The van der Waals surface area contributed by atoms with Crippen molar-refractivity contribution in [3.8, 4) is 0 Å². The molecular formula is C14H13ClN4O2. The molecule has 0 saturated carbocycles. The van der Waals surface area contributed by atoms with Crippen LogP contribution in [0.25, 0.3) is 21.9 Å². The number of pyridine rings is 1. The quantitative estimate of drug-likeness (QED) is 0.750. The molecule has 1 amide bonds. The summed E-state index contributed by atoms with van der Waals surface area (Å²) in [5.41, 5.74) is 7.56. The van der Waals surface area contributed by atoms with Crippen LogP contribution in [0.3, 0.4) is 0 Å². The maximum atomic E-state index is 10.7. The van der Waals surface area contributed by atoms with Gasteiger partial charge in [0.25, 0.3) is 0 Å². The average molecular weight is 305 g/mol. The number of carbonyl (C=O) groups is 1. The van der Waals surface area contributed by atoms with Crippen molar-refractivity contribution < 1.29 is 9.53 Å². The van der Waals surface area contributed by atoms with E-state index in [1.54, 1.807) is 6.20 Å². The molecule has 2 heterocycles. The van der Waals surface area contributed by atoms with Gasteiger partial charge in [-0.2, -0.15) is 0 Å². The molecule has 108 valence electrons. The SMILES string of the molecule is NC(=O)OCCn1c(CCl)nc2cnc3ccccc3c21. The third kappa shape index (κ3) is 2.50. The highest BCUT2D eigenvalue weighted by atomic mass is 35.5. The van der Waals surface area contributed by atoms with Gasteiger partial charge in [-0.15, -0.1) is 11.6 Å². The molecule has 7 heteroatoms. The van der Waals surface area contributed by atoms with Crippen LogP contribution in [0.1, 0.15) is 5.82 Å². The molecule has 3 rings (SSSR count). The second-order valence-corrected chi connectivity index (χ2v) is 4.76. The van der Waals surface area contributed by atoms with Crippen molar-refractivity contribution in [2.75, 3.05) is 6.61 Å². The standard InChI is InChI=1S/C14H13ClN4O2/c15-7-12-18-11-8-17-10-4-2-1-3-9(10)13(11)19(12)5-6-21-14(16)20/h1-4,8H,5-7H2,(H2,16,20). The molecule has 0 radical (unpaired) electrons. The summed E-state index contributed by atoms with van der Waals surface area (Å²) < 4.78 is 6.75. The highest BCUT2D eigenvalue weighted by Crippen LogP contribution is 2.25. The molecule has 0 aliphatic carbocycles. The monoisotopic (exact) mass is 304 g/mol. The highest BCUT2D eigenvalue weighted by molar-refractivity contribution is 6.17. The van der Waals surface area contributed by atoms with E-state index in [0.717, 1.165) is 21.9 Å². The van der Waals surface area contributed by atoms with Crippen LogP contribution in [-0.4, -0.2) is 27.2 Å². The van der Waals surface area contributed by atoms with E-state index in [1.807, 2.05) is 28.8 Å². The lowest BCUT2D eigenvalue weighted by atomic mass is 10.2. The van der Waals surface area contributed by atoms with Crippen LogP contribution in [0.5, 0.6) is 0 Å². The van der Waals surface area contributed by atoms with Gasteiger partial charge in [0.1, 0.15) is 17.9 Å². The zero-order valence-electron chi connectivity index (χ0n) is 11.1. The van der Waals surface area contributed by atoms with E-state index in [0.29, 0.717) is 12.4 Å². The summed E-state index contributed by atoms with van der Waals surface area (Å²) in [5.74, 6) is 0.970. The average Bonchev–Trinajstić information content (AvgIpc) is 2.85. The lowest BCUT2D eigenvalue weighted by molar-refractivity contribution is 0.152. The largest absolute Gasteiger partial charge is 0.448 e. The van der Waals surface area contributed by atoms with Gasteiger partial charge in [-0.3, -0.25) is 4.98 Å². The fraction of sp³-hybridized carbons (Fsp3) is 0.214. The molecule has 1 aromatic carbocycles. The molecule has 0 fully saturated rings. The molecule has 0 aliphatic rings. The molecule has 3 aromatic rings. The first-order valence-electron chi connectivity index (χ1n) is 6.41. The number of imidazole rings is 1. The third-order valence-electron chi connectivity index (χ3n) is 3.24. The molecular weight excluding hydrogens is 292 g/mol. The Morgan fingerprint density at radius 1 is 1.33 bits per heavy atom. The number of aromatic nitrogens is 3. The predicted molar refractivity (Wildman–Crippen MR) is 80.1 cm³/mol. The van der Waals surface area contributed by atoms with Crippen LogP contribution >= 0.6 is 11.6 Å². The number of nitrogens with two attached hydrogens (primary N) is 1. The Bertz CT molecular complexity index is 815. The Hall–Kier alpha value is -2.34. The number of para-hydroxylation sites is 1. The van der Waals surface area contributed by atoms with Gasteiger partial charge in [-0.25, -0.2) is 9.78 Å². The zero-order chi connectivity index (χ0) is 14.8. The summed E-state index contributed by atoms with van der Waals surface area (Å²) in [7, 11) is 0. The summed E-state index contributed by atoms with van der Waals surface area (Å²) in [6.07, 6.45) is 0.928. The van der Waals surface area contributed by atoms with E-state index in [1.165, 1.54) is 0 Å². The first-order valence-corrected chi connectivity index (χ1v) is 6.95. The normalized spacial score (nSPS) is 11.1. The smallest absolute Gasteiger partial charge is 0.404 e. The van der Waals surface area contributed by atoms with E-state index in [-0.39, 0.29) is 12.5 Å². The van der Waals surface area contributed by atoms with Crippen molar-refractivity contribution in [3.05, 3.63) is 36.3 Å². The Morgan fingerprint density at radius 3 is 2.90 bits per heavy atom. The summed E-state index contributed by atoms with van der Waals surface area (Å²) in [6.45, 7) is 0.608. The molecule has 0 unspecified atom stereocenters. The topological polar surface area (TPSA) is 83.0 Å². The van der Waals surface area contributed by atoms with Gasteiger partial charge in [0.05, 0.1) is 29.7 Å². The van der Waals surface area contributed by atoms with Crippen molar-refractivity contribution in [1.82, 2.24) is 14.5 Å². The maximum Gasteiger partial charge on any atom is 0.404 e. The van der Waals surface area contributed by atoms with E-state index in [9.17, 15) is 4.79 Å². The fourth-order valence-electron chi connectivity index (χ4n) is 2.39. The molecule has 6 nitrogen and oxygen atoms in total. The van der Waals surface area contributed by atoms with Crippen molar-refractivity contribution in [2.45, 2.75) is 12.4 Å². The minimum Gasteiger partial charge on any atom is -0.448 e. The van der Waals surface area contributed by atoms with Gasteiger partial charge in [-0.05, 0) is 6.07 Å². The molecule has 2 N–H and O–H groups in total. The molecule has 0 saturated heterocycles. The van der Waals surface area contributed by atoms with Crippen LogP contribution in [-0.2, 0) is 17.2 Å². The van der Waals surface area contributed by atoms with Gasteiger partial charge in [-0.1, -0.05) is 18.2 Å². The summed E-state index contributed by atoms with van der Waals surface area (Å²) >= 11 is 5.96. The number of halogens is 1. The van der Waals surface area contributed by atoms with Crippen LogP contribution in [0, 0.1) is 0 Å².